The molecule has 0 radical (unpaired) electrons. The van der Waals surface area contributed by atoms with Crippen molar-refractivity contribution in [2.75, 3.05) is 24.5 Å². The summed E-state index contributed by atoms with van der Waals surface area (Å²) >= 11 is 0. The van der Waals surface area contributed by atoms with Gasteiger partial charge >= 0.3 is 0 Å². The Kier molecular flexibility index (Phi) is 5.19. The second-order valence-electron chi connectivity index (χ2n) is 5.57. The summed E-state index contributed by atoms with van der Waals surface area (Å²) in [4.78, 5) is 7.00. The molecule has 0 aromatic carbocycles. The molecule has 0 aliphatic carbocycles. The van der Waals surface area contributed by atoms with Crippen molar-refractivity contribution in [3.63, 3.8) is 0 Å². The van der Waals surface area contributed by atoms with Gasteiger partial charge < -0.3 is 10.2 Å². The van der Waals surface area contributed by atoms with Crippen LogP contribution >= 0.6 is 0 Å². The zero-order chi connectivity index (χ0) is 13.7. The van der Waals surface area contributed by atoms with Crippen molar-refractivity contribution in [2.45, 2.75) is 58.4 Å². The van der Waals surface area contributed by atoms with Crippen molar-refractivity contribution in [2.24, 2.45) is 0 Å². The van der Waals surface area contributed by atoms with E-state index in [0.29, 0.717) is 12.0 Å². The van der Waals surface area contributed by atoms with E-state index in [-0.39, 0.29) is 0 Å². The zero-order valence-electron chi connectivity index (χ0n) is 12.4. The van der Waals surface area contributed by atoms with Crippen LogP contribution in [0.1, 0.15) is 58.2 Å². The van der Waals surface area contributed by atoms with Crippen molar-refractivity contribution < 1.29 is 0 Å². The van der Waals surface area contributed by atoms with E-state index in [1.54, 1.807) is 0 Å². The molecule has 1 aliphatic heterocycles. The third-order valence-corrected chi connectivity index (χ3v) is 3.93. The highest BCUT2D eigenvalue weighted by Gasteiger charge is 2.21. The number of nitrogens with one attached hydrogen (secondary N) is 2. The lowest BCUT2D eigenvalue weighted by Crippen LogP contribution is -2.49. The third-order valence-electron chi connectivity index (χ3n) is 3.93. The van der Waals surface area contributed by atoms with Crippen molar-refractivity contribution >= 4 is 5.95 Å². The molecule has 19 heavy (non-hydrogen) atoms. The molecule has 0 spiro atoms. The molecule has 1 saturated heterocycles. The number of anilines is 1. The Morgan fingerprint density at radius 3 is 2.95 bits per heavy atom. The van der Waals surface area contributed by atoms with Gasteiger partial charge in [-0.15, -0.1) is 5.10 Å². The number of hydrogen-bond donors (Lipinski definition) is 2. The average Bonchev–Trinajstić information content (AvgIpc) is 2.89. The first-order valence-corrected chi connectivity index (χ1v) is 7.65. The second-order valence-corrected chi connectivity index (χ2v) is 5.57. The number of H-pyrrole nitrogens is 1. The van der Waals surface area contributed by atoms with Crippen molar-refractivity contribution in [1.29, 1.82) is 0 Å². The van der Waals surface area contributed by atoms with E-state index in [2.05, 4.69) is 41.2 Å². The normalized spacial score (nSPS) is 21.6. The quantitative estimate of drug-likeness (QED) is 0.828. The molecule has 5 heteroatoms. The van der Waals surface area contributed by atoms with Gasteiger partial charge in [0.1, 0.15) is 5.82 Å². The summed E-state index contributed by atoms with van der Waals surface area (Å²) in [5.41, 5.74) is 0. The van der Waals surface area contributed by atoms with Gasteiger partial charge in [-0.05, 0) is 19.8 Å². The molecule has 2 rings (SSSR count). The lowest BCUT2D eigenvalue weighted by molar-refractivity contribution is 0.479. The minimum Gasteiger partial charge on any atom is -0.337 e. The van der Waals surface area contributed by atoms with E-state index in [1.807, 2.05) is 0 Å². The summed E-state index contributed by atoms with van der Waals surface area (Å²) in [6.45, 7) is 9.67. The maximum absolute atomic E-state index is 4.72. The Hall–Kier alpha value is -1.10. The lowest BCUT2D eigenvalue weighted by atomic mass is 9.99. The van der Waals surface area contributed by atoms with Gasteiger partial charge in [0.15, 0.2) is 0 Å². The van der Waals surface area contributed by atoms with Gasteiger partial charge in [0.05, 0.1) is 0 Å². The largest absolute Gasteiger partial charge is 0.337 e. The third kappa shape index (κ3) is 3.69. The van der Waals surface area contributed by atoms with Gasteiger partial charge in [-0.3, -0.25) is 5.10 Å². The molecule has 5 nitrogen and oxygen atoms in total. The van der Waals surface area contributed by atoms with Crippen LogP contribution in [-0.2, 0) is 0 Å². The first-order valence-electron chi connectivity index (χ1n) is 7.65. The van der Waals surface area contributed by atoms with E-state index in [9.17, 15) is 0 Å². The molecule has 1 unspecified atom stereocenters. The summed E-state index contributed by atoms with van der Waals surface area (Å²) in [5.74, 6) is 2.47. The molecule has 2 atom stereocenters. The molecule has 0 bridgehead atoms. The number of aromatic nitrogens is 3. The number of nitrogens with zero attached hydrogens (tertiary/aromatic N) is 3. The van der Waals surface area contributed by atoms with Crippen LogP contribution in [0, 0.1) is 0 Å². The smallest absolute Gasteiger partial charge is 0.244 e. The van der Waals surface area contributed by atoms with Crippen LogP contribution in [0.25, 0.3) is 0 Å². The molecule has 1 fully saturated rings. The van der Waals surface area contributed by atoms with Crippen LogP contribution in [0.4, 0.5) is 5.95 Å². The SMILES string of the molecule is CCCCC(CC)c1nc(N2CCN[C@H](C)C2)n[nH]1. The highest BCUT2D eigenvalue weighted by Crippen LogP contribution is 2.23. The molecule has 2 heterocycles. The van der Waals surface area contributed by atoms with Crippen molar-refractivity contribution in [3.8, 4) is 0 Å². The van der Waals surface area contributed by atoms with E-state index < -0.39 is 0 Å². The van der Waals surface area contributed by atoms with Gasteiger partial charge in [-0.2, -0.15) is 4.98 Å². The minimum absolute atomic E-state index is 0.512. The molecular weight excluding hydrogens is 238 g/mol. The van der Waals surface area contributed by atoms with Crippen LogP contribution < -0.4 is 10.2 Å². The fourth-order valence-corrected chi connectivity index (χ4v) is 2.69. The summed E-state index contributed by atoms with van der Waals surface area (Å²) < 4.78 is 0. The first-order chi connectivity index (χ1) is 9.24. The molecule has 1 aromatic rings. The van der Waals surface area contributed by atoms with Crippen LogP contribution in [-0.4, -0.2) is 40.9 Å². The lowest BCUT2D eigenvalue weighted by Gasteiger charge is -2.30. The number of unbranched alkanes of at least 4 members (excludes halogenated alkanes) is 1. The summed E-state index contributed by atoms with van der Waals surface area (Å²) in [6, 6.07) is 0.512. The standard InChI is InChI=1S/C14H27N5/c1-4-6-7-12(5-2)13-16-14(18-17-13)19-9-8-15-11(3)10-19/h11-12,15H,4-10H2,1-3H3,(H,16,17,18)/t11-,12?/m1/s1. The van der Waals surface area contributed by atoms with Crippen LogP contribution in [0.15, 0.2) is 0 Å². The van der Waals surface area contributed by atoms with E-state index in [4.69, 9.17) is 4.98 Å². The van der Waals surface area contributed by atoms with E-state index in [0.717, 1.165) is 37.8 Å². The Morgan fingerprint density at radius 2 is 2.26 bits per heavy atom. The van der Waals surface area contributed by atoms with Gasteiger partial charge in [-0.25, -0.2) is 0 Å². The van der Waals surface area contributed by atoms with Crippen LogP contribution in [0.2, 0.25) is 0 Å². The zero-order valence-corrected chi connectivity index (χ0v) is 12.4. The maximum atomic E-state index is 4.72. The van der Waals surface area contributed by atoms with Gasteiger partial charge in [0, 0.05) is 31.6 Å². The van der Waals surface area contributed by atoms with Gasteiger partial charge in [-0.1, -0.05) is 26.7 Å². The fourth-order valence-electron chi connectivity index (χ4n) is 2.69. The predicted molar refractivity (Wildman–Crippen MR) is 78.6 cm³/mol. The molecule has 0 saturated carbocycles. The summed E-state index contributed by atoms with van der Waals surface area (Å²) in [5, 5.41) is 11.0. The highest BCUT2D eigenvalue weighted by atomic mass is 15.4. The van der Waals surface area contributed by atoms with E-state index >= 15 is 0 Å². The monoisotopic (exact) mass is 265 g/mol. The number of piperazine rings is 1. The molecule has 108 valence electrons. The van der Waals surface area contributed by atoms with E-state index in [1.165, 1.54) is 19.3 Å². The number of hydrogen-bond acceptors (Lipinski definition) is 4. The topological polar surface area (TPSA) is 56.8 Å². The number of rotatable bonds is 6. The molecule has 0 amide bonds. The van der Waals surface area contributed by atoms with Gasteiger partial charge in [0.25, 0.3) is 0 Å². The predicted octanol–water partition coefficient (Wildman–Crippen LogP) is 2.29. The van der Waals surface area contributed by atoms with Crippen molar-refractivity contribution in [1.82, 2.24) is 20.5 Å². The van der Waals surface area contributed by atoms with Crippen LogP contribution in [0.3, 0.4) is 0 Å². The van der Waals surface area contributed by atoms with Gasteiger partial charge in [0.2, 0.25) is 5.95 Å². The fraction of sp³-hybridized carbons (Fsp3) is 0.857. The Morgan fingerprint density at radius 1 is 1.42 bits per heavy atom. The molecule has 2 N–H and O–H groups in total. The molecule has 1 aromatic heterocycles. The molecular formula is C14H27N5. The molecule has 1 aliphatic rings. The first kappa shape index (κ1) is 14.3. The number of aromatic amines is 1. The average molecular weight is 265 g/mol. The minimum atomic E-state index is 0.512. The summed E-state index contributed by atoms with van der Waals surface area (Å²) in [6.07, 6.45) is 4.85. The highest BCUT2D eigenvalue weighted by molar-refractivity contribution is 5.30. The van der Waals surface area contributed by atoms with Crippen molar-refractivity contribution in [3.05, 3.63) is 5.82 Å². The Balaban J connectivity index is 2.00. The second kappa shape index (κ2) is 6.89. The van der Waals surface area contributed by atoms with Crippen LogP contribution in [0.5, 0.6) is 0 Å². The Bertz CT molecular complexity index is 376. The maximum Gasteiger partial charge on any atom is 0.244 e. The Labute approximate surface area is 116 Å². The summed E-state index contributed by atoms with van der Waals surface area (Å²) in [7, 11) is 0.